The van der Waals surface area contributed by atoms with Gasteiger partial charge in [-0.15, -0.1) is 0 Å². The maximum Gasteiger partial charge on any atom is 0.118 e. The van der Waals surface area contributed by atoms with E-state index in [0.717, 1.165) is 31.4 Å². The summed E-state index contributed by atoms with van der Waals surface area (Å²) in [6, 6.07) is 8.37. The quantitative estimate of drug-likeness (QED) is 0.691. The third-order valence-electron chi connectivity index (χ3n) is 5.16. The molecule has 0 saturated heterocycles. The summed E-state index contributed by atoms with van der Waals surface area (Å²) in [5.74, 6) is 3.41. The minimum Gasteiger partial charge on any atom is -0.497 e. The van der Waals surface area contributed by atoms with Crippen LogP contribution in [0.1, 0.15) is 56.9 Å². The second kappa shape index (κ2) is 6.27. The molecule has 3 aliphatic rings. The van der Waals surface area contributed by atoms with Crippen molar-refractivity contribution in [2.24, 2.45) is 0 Å². The SMILES string of the molecule is COc1ccc(C=C2C3=C(CCCC3)OC3=C2CCCC3)cc1. The fourth-order valence-electron chi connectivity index (χ4n) is 3.92. The molecule has 1 aliphatic heterocycles. The Morgan fingerprint density at radius 2 is 1.39 bits per heavy atom. The molecule has 0 spiro atoms. The molecule has 120 valence electrons. The standard InChI is InChI=1S/C21H24O2/c1-22-16-12-10-15(11-13-16)14-19-17-6-2-4-8-20(17)23-21-9-5-3-7-18(19)21/h10-14H,2-9H2,1H3. The molecule has 0 radical (unpaired) electrons. The van der Waals surface area contributed by atoms with Crippen LogP contribution in [-0.2, 0) is 4.74 Å². The van der Waals surface area contributed by atoms with Crippen LogP contribution in [0, 0.1) is 0 Å². The van der Waals surface area contributed by atoms with Crippen molar-refractivity contribution >= 4 is 6.08 Å². The van der Waals surface area contributed by atoms with E-state index >= 15 is 0 Å². The van der Waals surface area contributed by atoms with Crippen LogP contribution in [0.5, 0.6) is 5.75 Å². The molecule has 1 aromatic carbocycles. The second-order valence-corrected chi connectivity index (χ2v) is 6.65. The van der Waals surface area contributed by atoms with Gasteiger partial charge in [0.15, 0.2) is 0 Å². The van der Waals surface area contributed by atoms with Crippen molar-refractivity contribution in [3.8, 4) is 5.75 Å². The topological polar surface area (TPSA) is 18.5 Å². The summed E-state index contributed by atoms with van der Waals surface area (Å²) < 4.78 is 11.6. The highest BCUT2D eigenvalue weighted by Gasteiger charge is 2.29. The predicted molar refractivity (Wildman–Crippen MR) is 93.0 cm³/mol. The Morgan fingerprint density at radius 1 is 0.826 bits per heavy atom. The third kappa shape index (κ3) is 2.83. The first-order valence-corrected chi connectivity index (χ1v) is 8.83. The Bertz CT molecular complexity index is 655. The lowest BCUT2D eigenvalue weighted by Crippen LogP contribution is -2.16. The fraction of sp³-hybridized carbons (Fsp3) is 0.429. The molecular formula is C21H24O2. The van der Waals surface area contributed by atoms with Crippen LogP contribution in [0.25, 0.3) is 6.08 Å². The van der Waals surface area contributed by atoms with Crippen molar-refractivity contribution in [3.63, 3.8) is 0 Å². The van der Waals surface area contributed by atoms with Crippen LogP contribution < -0.4 is 4.74 Å². The highest BCUT2D eigenvalue weighted by Crippen LogP contribution is 2.45. The van der Waals surface area contributed by atoms with E-state index < -0.39 is 0 Å². The Labute approximate surface area is 138 Å². The Kier molecular flexibility index (Phi) is 3.99. The molecule has 0 amide bonds. The fourth-order valence-corrected chi connectivity index (χ4v) is 3.92. The van der Waals surface area contributed by atoms with E-state index in [1.807, 2.05) is 12.1 Å². The molecule has 0 saturated carbocycles. The van der Waals surface area contributed by atoms with Gasteiger partial charge in [0.25, 0.3) is 0 Å². The maximum atomic E-state index is 6.30. The summed E-state index contributed by atoms with van der Waals surface area (Å²) in [6.45, 7) is 0. The van der Waals surface area contributed by atoms with Crippen molar-refractivity contribution in [3.05, 3.63) is 58.1 Å². The molecule has 0 fully saturated rings. The third-order valence-corrected chi connectivity index (χ3v) is 5.16. The van der Waals surface area contributed by atoms with Crippen LogP contribution >= 0.6 is 0 Å². The van der Waals surface area contributed by atoms with Gasteiger partial charge in [-0.05, 0) is 79.0 Å². The largest absolute Gasteiger partial charge is 0.497 e. The van der Waals surface area contributed by atoms with Crippen molar-refractivity contribution in [1.82, 2.24) is 0 Å². The van der Waals surface area contributed by atoms with Gasteiger partial charge in [-0.25, -0.2) is 0 Å². The lowest BCUT2D eigenvalue weighted by atomic mass is 9.81. The van der Waals surface area contributed by atoms with Gasteiger partial charge in [0.2, 0.25) is 0 Å². The van der Waals surface area contributed by atoms with E-state index in [9.17, 15) is 0 Å². The lowest BCUT2D eigenvalue weighted by Gasteiger charge is -2.33. The normalized spacial score (nSPS) is 20.7. The Hall–Kier alpha value is -1.96. The van der Waals surface area contributed by atoms with Crippen molar-refractivity contribution in [2.75, 3.05) is 7.11 Å². The van der Waals surface area contributed by atoms with Gasteiger partial charge in [-0.2, -0.15) is 0 Å². The van der Waals surface area contributed by atoms with Crippen LogP contribution in [-0.4, -0.2) is 7.11 Å². The van der Waals surface area contributed by atoms with E-state index in [4.69, 9.17) is 9.47 Å². The van der Waals surface area contributed by atoms with Crippen LogP contribution in [0.15, 0.2) is 52.5 Å². The lowest BCUT2D eigenvalue weighted by molar-refractivity contribution is 0.242. The zero-order chi connectivity index (χ0) is 15.6. The highest BCUT2D eigenvalue weighted by atomic mass is 16.5. The molecule has 1 heterocycles. The number of benzene rings is 1. The first-order valence-electron chi connectivity index (χ1n) is 8.83. The highest BCUT2D eigenvalue weighted by molar-refractivity contribution is 5.68. The molecule has 4 rings (SSSR count). The zero-order valence-electron chi connectivity index (χ0n) is 13.9. The predicted octanol–water partition coefficient (Wildman–Crippen LogP) is 5.77. The summed E-state index contributed by atoms with van der Waals surface area (Å²) in [5, 5.41) is 0. The summed E-state index contributed by atoms with van der Waals surface area (Å²) in [5.41, 5.74) is 5.63. The van der Waals surface area contributed by atoms with E-state index in [-0.39, 0.29) is 0 Å². The van der Waals surface area contributed by atoms with Gasteiger partial charge in [0, 0.05) is 12.8 Å². The molecule has 2 nitrogen and oxygen atoms in total. The number of hydrogen-bond donors (Lipinski definition) is 0. The zero-order valence-corrected chi connectivity index (χ0v) is 13.9. The molecule has 0 N–H and O–H groups in total. The second-order valence-electron chi connectivity index (χ2n) is 6.65. The summed E-state index contributed by atoms with van der Waals surface area (Å²) >= 11 is 0. The molecule has 23 heavy (non-hydrogen) atoms. The van der Waals surface area contributed by atoms with E-state index in [1.165, 1.54) is 59.5 Å². The average molecular weight is 308 g/mol. The first kappa shape index (κ1) is 14.6. The van der Waals surface area contributed by atoms with Crippen molar-refractivity contribution < 1.29 is 9.47 Å². The number of ether oxygens (including phenoxy) is 2. The van der Waals surface area contributed by atoms with Crippen LogP contribution in [0.4, 0.5) is 0 Å². The molecule has 2 aliphatic carbocycles. The van der Waals surface area contributed by atoms with Gasteiger partial charge in [-0.3, -0.25) is 0 Å². The summed E-state index contributed by atoms with van der Waals surface area (Å²) in [6.07, 6.45) is 12.0. The molecule has 0 atom stereocenters. The van der Waals surface area contributed by atoms with Gasteiger partial charge in [0.1, 0.15) is 17.3 Å². The van der Waals surface area contributed by atoms with E-state index in [2.05, 4.69) is 18.2 Å². The minimum atomic E-state index is 0.911. The van der Waals surface area contributed by atoms with Crippen molar-refractivity contribution in [2.45, 2.75) is 51.4 Å². The van der Waals surface area contributed by atoms with Gasteiger partial charge >= 0.3 is 0 Å². The molecule has 1 aromatic rings. The van der Waals surface area contributed by atoms with E-state index in [0.29, 0.717) is 0 Å². The number of hydrogen-bond acceptors (Lipinski definition) is 2. The Balaban J connectivity index is 1.76. The van der Waals surface area contributed by atoms with Crippen LogP contribution in [0.3, 0.4) is 0 Å². The smallest absolute Gasteiger partial charge is 0.118 e. The molecule has 0 aromatic heterocycles. The van der Waals surface area contributed by atoms with Gasteiger partial charge < -0.3 is 9.47 Å². The average Bonchev–Trinajstić information content (AvgIpc) is 2.62. The van der Waals surface area contributed by atoms with Gasteiger partial charge in [0.05, 0.1) is 7.11 Å². The number of allylic oxidation sites excluding steroid dienone is 5. The number of rotatable bonds is 2. The molecule has 0 bridgehead atoms. The minimum absolute atomic E-state index is 0.911. The first-order chi connectivity index (χ1) is 11.3. The maximum absolute atomic E-state index is 6.30. The van der Waals surface area contributed by atoms with Crippen molar-refractivity contribution in [1.29, 1.82) is 0 Å². The molecule has 2 heteroatoms. The number of methoxy groups -OCH3 is 1. The molecular weight excluding hydrogens is 284 g/mol. The summed E-state index contributed by atoms with van der Waals surface area (Å²) in [7, 11) is 1.71. The molecule has 0 unspecified atom stereocenters. The van der Waals surface area contributed by atoms with Crippen LogP contribution in [0.2, 0.25) is 0 Å². The summed E-state index contributed by atoms with van der Waals surface area (Å²) in [4.78, 5) is 0. The van der Waals surface area contributed by atoms with E-state index in [1.54, 1.807) is 7.11 Å². The monoisotopic (exact) mass is 308 g/mol. The van der Waals surface area contributed by atoms with Gasteiger partial charge in [-0.1, -0.05) is 12.1 Å². The Morgan fingerprint density at radius 3 is 1.96 bits per heavy atom.